The van der Waals surface area contributed by atoms with Gasteiger partial charge in [-0.25, -0.2) is 9.97 Å². The molecule has 1 aliphatic rings. The van der Waals surface area contributed by atoms with Crippen molar-refractivity contribution in [3.8, 4) is 0 Å². The van der Waals surface area contributed by atoms with Gasteiger partial charge < -0.3 is 10.0 Å². The first-order valence-electron chi connectivity index (χ1n) is 8.60. The van der Waals surface area contributed by atoms with Gasteiger partial charge in [0.1, 0.15) is 0 Å². The van der Waals surface area contributed by atoms with Gasteiger partial charge in [-0.2, -0.15) is 13.2 Å². The van der Waals surface area contributed by atoms with Crippen molar-refractivity contribution >= 4 is 11.7 Å². The SMILES string of the molecule is CC(=O)c1cnc(N2CCC(O)(c3cccc(C(F)(F)F)c3)CC2)nc1C. The third-order valence-electron chi connectivity index (χ3n) is 4.95. The number of anilines is 1. The Bertz CT molecular complexity index is 860. The average molecular weight is 379 g/mol. The van der Waals surface area contributed by atoms with Crippen molar-refractivity contribution in [3.05, 3.63) is 52.8 Å². The van der Waals surface area contributed by atoms with Gasteiger partial charge in [-0.3, -0.25) is 4.79 Å². The number of aromatic nitrogens is 2. The number of rotatable bonds is 3. The minimum Gasteiger partial charge on any atom is -0.385 e. The molecule has 0 radical (unpaired) electrons. The minimum atomic E-state index is -4.45. The number of carbonyl (C=O) groups is 1. The Morgan fingerprint density at radius 2 is 1.93 bits per heavy atom. The summed E-state index contributed by atoms with van der Waals surface area (Å²) in [7, 11) is 0. The Hall–Kier alpha value is -2.48. The van der Waals surface area contributed by atoms with Crippen molar-refractivity contribution in [2.24, 2.45) is 0 Å². The smallest absolute Gasteiger partial charge is 0.385 e. The number of carbonyl (C=O) groups excluding carboxylic acids is 1. The van der Waals surface area contributed by atoms with Crippen LogP contribution in [0.15, 0.2) is 30.5 Å². The highest BCUT2D eigenvalue weighted by Gasteiger charge is 2.37. The van der Waals surface area contributed by atoms with Gasteiger partial charge in [-0.15, -0.1) is 0 Å². The molecule has 0 atom stereocenters. The summed E-state index contributed by atoms with van der Waals surface area (Å²) < 4.78 is 38.8. The first-order chi connectivity index (χ1) is 12.6. The molecule has 1 saturated heterocycles. The summed E-state index contributed by atoms with van der Waals surface area (Å²) in [5.74, 6) is 0.334. The van der Waals surface area contributed by atoms with Crippen LogP contribution >= 0.6 is 0 Å². The normalized spacial score (nSPS) is 17.0. The molecule has 27 heavy (non-hydrogen) atoms. The molecule has 1 aromatic heterocycles. The topological polar surface area (TPSA) is 66.3 Å². The Kier molecular flexibility index (Phi) is 4.94. The van der Waals surface area contributed by atoms with E-state index in [1.807, 2.05) is 4.90 Å². The zero-order valence-corrected chi connectivity index (χ0v) is 15.0. The number of benzene rings is 1. The molecule has 0 amide bonds. The molecule has 2 heterocycles. The second-order valence-corrected chi connectivity index (χ2v) is 6.82. The largest absolute Gasteiger partial charge is 0.416 e. The fraction of sp³-hybridized carbons (Fsp3) is 0.421. The quantitative estimate of drug-likeness (QED) is 0.827. The molecule has 3 rings (SSSR count). The van der Waals surface area contributed by atoms with Crippen LogP contribution in [0, 0.1) is 6.92 Å². The average Bonchev–Trinajstić information content (AvgIpc) is 2.61. The maximum Gasteiger partial charge on any atom is 0.416 e. The Morgan fingerprint density at radius 1 is 1.26 bits per heavy atom. The van der Waals surface area contributed by atoms with Crippen molar-refractivity contribution in [1.29, 1.82) is 0 Å². The summed E-state index contributed by atoms with van der Waals surface area (Å²) in [6, 6.07) is 4.84. The van der Waals surface area contributed by atoms with Gasteiger partial charge in [0.25, 0.3) is 0 Å². The number of hydrogen-bond acceptors (Lipinski definition) is 5. The highest BCUT2D eigenvalue weighted by molar-refractivity contribution is 5.94. The zero-order chi connectivity index (χ0) is 19.8. The number of aliphatic hydroxyl groups is 1. The Labute approximate surface area is 154 Å². The molecule has 5 nitrogen and oxygen atoms in total. The molecule has 1 aliphatic heterocycles. The molecule has 0 unspecified atom stereocenters. The second-order valence-electron chi connectivity index (χ2n) is 6.82. The van der Waals surface area contributed by atoms with E-state index in [2.05, 4.69) is 9.97 Å². The van der Waals surface area contributed by atoms with Gasteiger partial charge >= 0.3 is 6.18 Å². The van der Waals surface area contributed by atoms with Gasteiger partial charge in [-0.05, 0) is 44.4 Å². The van der Waals surface area contributed by atoms with Crippen molar-refractivity contribution in [1.82, 2.24) is 9.97 Å². The van der Waals surface area contributed by atoms with Crippen LogP contribution in [-0.2, 0) is 11.8 Å². The van der Waals surface area contributed by atoms with E-state index in [1.54, 1.807) is 6.92 Å². The van der Waals surface area contributed by atoms with Crippen LogP contribution in [0.5, 0.6) is 0 Å². The van der Waals surface area contributed by atoms with E-state index in [0.29, 0.717) is 30.3 Å². The molecule has 0 bridgehead atoms. The van der Waals surface area contributed by atoms with Crippen LogP contribution in [0.25, 0.3) is 0 Å². The first kappa shape index (κ1) is 19.3. The number of nitrogens with zero attached hydrogens (tertiary/aromatic N) is 3. The van der Waals surface area contributed by atoms with E-state index >= 15 is 0 Å². The summed E-state index contributed by atoms with van der Waals surface area (Å²) in [5, 5.41) is 10.9. The van der Waals surface area contributed by atoms with Crippen molar-refractivity contribution in [3.63, 3.8) is 0 Å². The summed E-state index contributed by atoms with van der Waals surface area (Å²) in [4.78, 5) is 21.9. The summed E-state index contributed by atoms with van der Waals surface area (Å²) >= 11 is 0. The van der Waals surface area contributed by atoms with Crippen LogP contribution in [0.3, 0.4) is 0 Å². The van der Waals surface area contributed by atoms with E-state index < -0.39 is 17.3 Å². The van der Waals surface area contributed by atoms with E-state index in [9.17, 15) is 23.1 Å². The monoisotopic (exact) mass is 379 g/mol. The molecule has 1 N–H and O–H groups in total. The van der Waals surface area contributed by atoms with Gasteiger partial charge in [-0.1, -0.05) is 12.1 Å². The third kappa shape index (κ3) is 3.95. The molecule has 1 fully saturated rings. The highest BCUT2D eigenvalue weighted by atomic mass is 19.4. The molecule has 144 valence electrons. The standard InChI is InChI=1S/C19H20F3N3O2/c1-12-16(13(2)26)11-23-17(24-12)25-8-6-18(27,7-9-25)14-4-3-5-15(10-14)19(20,21)22/h3-5,10-11,27H,6-9H2,1-2H3. The highest BCUT2D eigenvalue weighted by Crippen LogP contribution is 2.37. The maximum absolute atomic E-state index is 12.9. The summed E-state index contributed by atoms with van der Waals surface area (Å²) in [5.41, 5.74) is -0.801. The predicted octanol–water partition coefficient (Wildman–Crippen LogP) is 3.49. The van der Waals surface area contributed by atoms with Crippen LogP contribution in [0.4, 0.5) is 19.1 Å². The first-order valence-corrected chi connectivity index (χ1v) is 8.60. The number of alkyl halides is 3. The van der Waals surface area contributed by atoms with Crippen molar-refractivity contribution < 1.29 is 23.1 Å². The number of ketones is 1. The van der Waals surface area contributed by atoms with E-state index in [4.69, 9.17) is 0 Å². The lowest BCUT2D eigenvalue weighted by molar-refractivity contribution is -0.137. The number of aryl methyl sites for hydroxylation is 1. The van der Waals surface area contributed by atoms with E-state index in [1.165, 1.54) is 25.3 Å². The van der Waals surface area contributed by atoms with Crippen LogP contribution in [0.1, 0.15) is 46.9 Å². The van der Waals surface area contributed by atoms with Gasteiger partial charge in [0.2, 0.25) is 5.95 Å². The lowest BCUT2D eigenvalue weighted by atomic mass is 9.84. The molecule has 0 aliphatic carbocycles. The summed E-state index contributed by atoms with van der Waals surface area (Å²) in [6.45, 7) is 3.96. The van der Waals surface area contributed by atoms with Gasteiger partial charge in [0, 0.05) is 19.3 Å². The zero-order valence-electron chi connectivity index (χ0n) is 15.0. The van der Waals surface area contributed by atoms with Gasteiger partial charge in [0.05, 0.1) is 22.4 Å². The number of halogens is 3. The fourth-order valence-electron chi connectivity index (χ4n) is 3.30. The van der Waals surface area contributed by atoms with Crippen LogP contribution in [-0.4, -0.2) is 33.9 Å². The molecule has 8 heteroatoms. The predicted molar refractivity (Wildman–Crippen MR) is 93.6 cm³/mol. The Morgan fingerprint density at radius 3 is 2.48 bits per heavy atom. The molecular formula is C19H20F3N3O2. The summed E-state index contributed by atoms with van der Waals surface area (Å²) in [6.07, 6.45) is -2.46. The lowest BCUT2D eigenvalue weighted by Crippen LogP contribution is -2.43. The van der Waals surface area contributed by atoms with Gasteiger partial charge in [0.15, 0.2) is 5.78 Å². The van der Waals surface area contributed by atoms with Crippen molar-refractivity contribution in [2.45, 2.75) is 38.5 Å². The van der Waals surface area contributed by atoms with E-state index in [-0.39, 0.29) is 24.2 Å². The number of piperidine rings is 1. The van der Waals surface area contributed by atoms with Crippen molar-refractivity contribution in [2.75, 3.05) is 18.0 Å². The Balaban J connectivity index is 1.77. The molecule has 0 saturated carbocycles. The number of hydrogen-bond donors (Lipinski definition) is 1. The maximum atomic E-state index is 12.9. The van der Waals surface area contributed by atoms with Crippen LogP contribution in [0.2, 0.25) is 0 Å². The molecule has 1 aromatic carbocycles. The molecular weight excluding hydrogens is 359 g/mol. The fourth-order valence-corrected chi connectivity index (χ4v) is 3.30. The molecule has 0 spiro atoms. The van der Waals surface area contributed by atoms with E-state index in [0.717, 1.165) is 12.1 Å². The molecule has 2 aromatic rings. The number of Topliss-reactive ketones (excluding diaryl/α,β-unsaturated/α-hetero) is 1. The van der Waals surface area contributed by atoms with Crippen LogP contribution < -0.4 is 4.90 Å². The lowest BCUT2D eigenvalue weighted by Gasteiger charge is -2.38. The minimum absolute atomic E-state index is 0.114. The second kappa shape index (κ2) is 6.92. The third-order valence-corrected chi connectivity index (χ3v) is 4.95.